The third-order valence-electron chi connectivity index (χ3n) is 2.85. The predicted molar refractivity (Wildman–Crippen MR) is 126 cm³/mol. The minimum atomic E-state index is -0.186. The van der Waals surface area contributed by atoms with Gasteiger partial charge >= 0.3 is 0 Å². The van der Waals surface area contributed by atoms with Gasteiger partial charge in [-0.15, -0.1) is 6.42 Å². The molecule has 0 aliphatic heterocycles. The summed E-state index contributed by atoms with van der Waals surface area (Å²) in [6.07, 6.45) is 7.34. The first-order valence-corrected chi connectivity index (χ1v) is 8.72. The van der Waals surface area contributed by atoms with Gasteiger partial charge in [0.25, 0.3) is 0 Å². The molecule has 1 rings (SSSR count). The minimum Gasteiger partial charge on any atom is -0.497 e. The van der Waals surface area contributed by atoms with Crippen molar-refractivity contribution in [3.8, 4) is 142 Å². The van der Waals surface area contributed by atoms with E-state index in [2.05, 4.69) is 125 Å². The van der Waals surface area contributed by atoms with E-state index in [1.807, 2.05) is 0 Å². The topological polar surface area (TPSA) is 38.7 Å². The van der Waals surface area contributed by atoms with Gasteiger partial charge in [0.2, 0.25) is 0 Å². The van der Waals surface area contributed by atoms with Crippen LogP contribution in [0.3, 0.4) is 0 Å². The highest BCUT2D eigenvalue weighted by atomic mass is 16.5. The molecule has 0 atom stereocenters. The van der Waals surface area contributed by atoms with Gasteiger partial charge in [-0.1, -0.05) is 0 Å². The van der Waals surface area contributed by atoms with Crippen LogP contribution in [0.2, 0.25) is 0 Å². The van der Waals surface area contributed by atoms with Crippen LogP contribution in [0.1, 0.15) is 5.56 Å². The molecule has 148 valence electrons. The summed E-state index contributed by atoms with van der Waals surface area (Å²) in [6.45, 7) is -0.186. The van der Waals surface area contributed by atoms with Gasteiger partial charge in [-0.2, -0.15) is 0 Å². The predicted octanol–water partition coefficient (Wildman–Crippen LogP) is 1.19. The quantitative estimate of drug-likeness (QED) is 0.750. The average molecular weight is 418 g/mol. The van der Waals surface area contributed by atoms with Crippen LogP contribution in [0.5, 0.6) is 11.5 Å². The molecule has 3 nitrogen and oxygen atoms in total. The van der Waals surface area contributed by atoms with E-state index >= 15 is 0 Å². The van der Waals surface area contributed by atoms with Crippen molar-refractivity contribution in [1.29, 1.82) is 0 Å². The Labute approximate surface area is 194 Å². The molecule has 1 aromatic rings. The Morgan fingerprint density at radius 1 is 0.667 bits per heavy atom. The zero-order valence-corrected chi connectivity index (χ0v) is 17.3. The number of terminal acetylenes is 1. The first-order chi connectivity index (χ1) is 16.3. The van der Waals surface area contributed by atoms with Gasteiger partial charge in [-0.05, 0) is 59.5 Å². The zero-order valence-electron chi connectivity index (χ0n) is 17.3. The Morgan fingerprint density at radius 2 is 1.09 bits per heavy atom. The lowest BCUT2D eigenvalue weighted by molar-refractivity contribution is 0.277. The smallest absolute Gasteiger partial charge is 0.149 e. The Bertz CT molecular complexity index is 1560. The van der Waals surface area contributed by atoms with Crippen molar-refractivity contribution in [2.45, 2.75) is 6.61 Å². The summed E-state index contributed by atoms with van der Waals surface area (Å²) in [6, 6.07) is 5.01. The summed E-state index contributed by atoms with van der Waals surface area (Å²) in [4.78, 5) is 0. The van der Waals surface area contributed by atoms with E-state index in [9.17, 15) is 5.11 Å². The lowest BCUT2D eigenvalue weighted by atomic mass is 10.2. The summed E-state index contributed by atoms with van der Waals surface area (Å²) in [5.74, 6) is 50.1. The first kappa shape index (κ1) is 25.0. The normalized spacial score (nSPS) is 5.97. The molecule has 0 saturated carbocycles. The minimum absolute atomic E-state index is 0.186. The molecule has 1 aromatic carbocycles. The number of aliphatic hydroxyl groups excluding tert-OH is 1. The molecule has 33 heavy (non-hydrogen) atoms. The van der Waals surface area contributed by atoms with E-state index in [4.69, 9.17) is 15.9 Å². The molecule has 1 N–H and O–H groups in total. The summed E-state index contributed by atoms with van der Waals surface area (Å²) < 4.78 is 10.4. The van der Waals surface area contributed by atoms with Crippen LogP contribution in [-0.2, 0) is 6.61 Å². The van der Waals surface area contributed by atoms with E-state index in [0.717, 1.165) is 0 Å². The lowest BCUT2D eigenvalue weighted by Gasteiger charge is -2.06. The third-order valence-corrected chi connectivity index (χ3v) is 2.85. The third kappa shape index (κ3) is 12.9. The van der Waals surface area contributed by atoms with Gasteiger partial charge in [0.05, 0.1) is 13.7 Å². The van der Waals surface area contributed by atoms with Crippen LogP contribution in [0.25, 0.3) is 0 Å². The van der Waals surface area contributed by atoms with Crippen molar-refractivity contribution in [3.63, 3.8) is 0 Å². The number of benzene rings is 1. The van der Waals surface area contributed by atoms with E-state index < -0.39 is 0 Å². The molecule has 0 aliphatic carbocycles. The number of methoxy groups -OCH3 is 1. The van der Waals surface area contributed by atoms with E-state index in [1.54, 1.807) is 18.2 Å². The second-order valence-electron chi connectivity index (χ2n) is 4.86. The second-order valence-corrected chi connectivity index (χ2v) is 4.86. The number of hydrogen-bond acceptors (Lipinski definition) is 3. The van der Waals surface area contributed by atoms with Crippen molar-refractivity contribution < 1.29 is 14.6 Å². The van der Waals surface area contributed by atoms with Crippen molar-refractivity contribution in [2.75, 3.05) is 7.11 Å². The molecule has 0 unspecified atom stereocenters. The average Bonchev–Trinajstić information content (AvgIpc) is 2.84. The maximum atomic E-state index is 9.29. The van der Waals surface area contributed by atoms with Gasteiger partial charge in [0.15, 0.2) is 0 Å². The largest absolute Gasteiger partial charge is 0.497 e. The Kier molecular flexibility index (Phi) is 13.6. The highest BCUT2D eigenvalue weighted by Crippen LogP contribution is 2.24. The van der Waals surface area contributed by atoms with Crippen molar-refractivity contribution in [1.82, 2.24) is 0 Å². The molecule has 0 aliphatic rings. The number of rotatable bonds is 3. The van der Waals surface area contributed by atoms with Crippen molar-refractivity contribution in [3.05, 3.63) is 23.8 Å². The zero-order chi connectivity index (χ0) is 23.8. The summed E-state index contributed by atoms with van der Waals surface area (Å²) >= 11 is 0. The van der Waals surface area contributed by atoms with Gasteiger partial charge in [-0.3, -0.25) is 0 Å². The fourth-order valence-electron chi connectivity index (χ4n) is 1.56. The van der Waals surface area contributed by atoms with E-state index in [0.29, 0.717) is 17.1 Å². The van der Waals surface area contributed by atoms with Crippen LogP contribution < -0.4 is 9.47 Å². The van der Waals surface area contributed by atoms with Crippen LogP contribution in [-0.4, -0.2) is 12.2 Å². The summed E-state index contributed by atoms with van der Waals surface area (Å²) in [5.41, 5.74) is 0.577. The van der Waals surface area contributed by atoms with E-state index in [-0.39, 0.29) is 6.61 Å². The fraction of sp³-hybridized carbons (Fsp3) is 0.0667. The molecule has 0 bridgehead atoms. The summed E-state index contributed by atoms with van der Waals surface area (Å²) in [5, 5.41) is 9.29. The molecule has 0 radical (unpaired) electrons. The van der Waals surface area contributed by atoms with Gasteiger partial charge in [0.1, 0.15) is 17.6 Å². The molecule has 0 aromatic heterocycles. The molecule has 3 heteroatoms. The Hall–Kier alpha value is -6.06. The van der Waals surface area contributed by atoms with Gasteiger partial charge in [-0.25, -0.2) is 0 Å². The van der Waals surface area contributed by atoms with Gasteiger partial charge < -0.3 is 14.6 Å². The highest BCUT2D eigenvalue weighted by Gasteiger charge is 2.04. The molecule has 0 spiro atoms. The maximum absolute atomic E-state index is 9.29. The van der Waals surface area contributed by atoms with Crippen LogP contribution >= 0.6 is 0 Å². The fourth-order valence-corrected chi connectivity index (χ4v) is 1.56. The second kappa shape index (κ2) is 18.0. The van der Waals surface area contributed by atoms with Crippen LogP contribution in [0, 0.1) is 131 Å². The van der Waals surface area contributed by atoms with E-state index in [1.165, 1.54) is 7.11 Å². The molecule has 0 heterocycles. The SMILES string of the molecule is C#CC#CC#CC#CC#CC#CC#CC#CC#CC#CC#COc1cc(OC)ccc1CO. The molecule has 0 fully saturated rings. The number of aliphatic hydroxyl groups is 1. The standard InChI is InChI=1S/C30H10O3/c1-3-4-5-6-7-8-9-10-11-12-13-14-15-16-17-18-19-20-21-22-25-33-30-26-29(32-2)24-23-28(30)27-31/h1,23-24,26,31H,27H2,2H3. The lowest BCUT2D eigenvalue weighted by Crippen LogP contribution is -1.93. The number of hydrogen-bond donors (Lipinski definition) is 1. The van der Waals surface area contributed by atoms with Crippen molar-refractivity contribution >= 4 is 0 Å². The Balaban J connectivity index is 2.51. The molecule has 0 amide bonds. The molecular weight excluding hydrogens is 408 g/mol. The molecular formula is C30H10O3. The van der Waals surface area contributed by atoms with Gasteiger partial charge in [0, 0.05) is 82.7 Å². The van der Waals surface area contributed by atoms with Crippen molar-refractivity contribution in [2.24, 2.45) is 0 Å². The first-order valence-electron chi connectivity index (χ1n) is 8.72. The maximum Gasteiger partial charge on any atom is 0.149 e. The molecule has 0 saturated heterocycles. The number of ether oxygens (including phenoxy) is 2. The summed E-state index contributed by atoms with van der Waals surface area (Å²) in [7, 11) is 1.53. The Morgan fingerprint density at radius 3 is 1.48 bits per heavy atom. The van der Waals surface area contributed by atoms with Crippen LogP contribution in [0.15, 0.2) is 18.2 Å². The van der Waals surface area contributed by atoms with Crippen LogP contribution in [0.4, 0.5) is 0 Å². The highest BCUT2D eigenvalue weighted by molar-refractivity contribution is 5.47. The monoisotopic (exact) mass is 418 g/mol.